The van der Waals surface area contributed by atoms with Crippen molar-refractivity contribution in [1.82, 2.24) is 0 Å². The number of esters is 1. The lowest BCUT2D eigenvalue weighted by atomic mass is 9.93. The SMILES string of the molecule is COC(=O)c1ccc2c(c1)NC(=O)/C2=C(\Nc1ccc(C(C)(N)C(=O)O)cc1)c1ccccc1. The maximum atomic E-state index is 13.0. The van der Waals surface area contributed by atoms with Gasteiger partial charge in [-0.3, -0.25) is 4.79 Å². The molecule has 8 heteroatoms. The molecule has 0 saturated heterocycles. The Morgan fingerprint density at radius 3 is 2.29 bits per heavy atom. The number of aliphatic carboxylic acids is 1. The van der Waals surface area contributed by atoms with Gasteiger partial charge in [0.05, 0.1) is 29.6 Å². The number of carboxylic acids is 1. The molecule has 0 spiro atoms. The lowest BCUT2D eigenvalue weighted by molar-refractivity contribution is -0.143. The molecular formula is C26H23N3O5. The quantitative estimate of drug-likeness (QED) is 0.328. The minimum atomic E-state index is -1.53. The number of fused-ring (bicyclic) bond motifs is 1. The average Bonchev–Trinajstić information content (AvgIpc) is 3.17. The van der Waals surface area contributed by atoms with Crippen molar-refractivity contribution in [3.8, 4) is 0 Å². The highest BCUT2D eigenvalue weighted by Gasteiger charge is 2.31. The highest BCUT2D eigenvalue weighted by Crippen LogP contribution is 2.38. The molecule has 0 saturated carbocycles. The van der Waals surface area contributed by atoms with Gasteiger partial charge in [0.2, 0.25) is 0 Å². The van der Waals surface area contributed by atoms with Gasteiger partial charge in [0.25, 0.3) is 5.91 Å². The number of nitrogens with two attached hydrogens (primary N) is 1. The fourth-order valence-corrected chi connectivity index (χ4v) is 3.72. The summed E-state index contributed by atoms with van der Waals surface area (Å²) in [6, 6.07) is 20.9. The highest BCUT2D eigenvalue weighted by molar-refractivity contribution is 6.37. The summed E-state index contributed by atoms with van der Waals surface area (Å²) in [6.45, 7) is 1.43. The summed E-state index contributed by atoms with van der Waals surface area (Å²) in [5.74, 6) is -1.95. The Balaban J connectivity index is 1.79. The minimum Gasteiger partial charge on any atom is -0.480 e. The Morgan fingerprint density at radius 1 is 1.00 bits per heavy atom. The van der Waals surface area contributed by atoms with Gasteiger partial charge in [0, 0.05) is 11.3 Å². The Hall–Kier alpha value is -4.43. The van der Waals surface area contributed by atoms with Gasteiger partial charge < -0.3 is 26.2 Å². The molecule has 1 heterocycles. The Bertz CT molecular complexity index is 1310. The maximum Gasteiger partial charge on any atom is 0.337 e. The first-order valence-electron chi connectivity index (χ1n) is 10.5. The number of nitrogens with one attached hydrogen (secondary N) is 2. The molecule has 8 nitrogen and oxygen atoms in total. The van der Waals surface area contributed by atoms with Gasteiger partial charge in [-0.1, -0.05) is 48.5 Å². The van der Waals surface area contributed by atoms with Crippen molar-refractivity contribution >= 4 is 40.5 Å². The van der Waals surface area contributed by atoms with E-state index in [4.69, 9.17) is 10.5 Å². The van der Waals surface area contributed by atoms with Crippen molar-refractivity contribution in [3.05, 3.63) is 95.1 Å². The van der Waals surface area contributed by atoms with Crippen molar-refractivity contribution in [1.29, 1.82) is 0 Å². The molecule has 3 aromatic carbocycles. The fraction of sp³-hybridized carbons (Fsp3) is 0.115. The molecule has 0 bridgehead atoms. The van der Waals surface area contributed by atoms with Gasteiger partial charge in [-0.25, -0.2) is 9.59 Å². The van der Waals surface area contributed by atoms with E-state index < -0.39 is 17.5 Å². The van der Waals surface area contributed by atoms with Crippen molar-refractivity contribution < 1.29 is 24.2 Å². The van der Waals surface area contributed by atoms with Gasteiger partial charge in [0.1, 0.15) is 5.54 Å². The van der Waals surface area contributed by atoms with Crippen LogP contribution in [0.4, 0.5) is 11.4 Å². The van der Waals surface area contributed by atoms with E-state index in [0.717, 1.165) is 5.56 Å². The number of benzene rings is 3. The van der Waals surface area contributed by atoms with Crippen LogP contribution in [0, 0.1) is 0 Å². The summed E-state index contributed by atoms with van der Waals surface area (Å²) in [7, 11) is 1.30. The Morgan fingerprint density at radius 2 is 1.68 bits per heavy atom. The number of carbonyl (C=O) groups excluding carboxylic acids is 2. The van der Waals surface area contributed by atoms with Gasteiger partial charge >= 0.3 is 11.9 Å². The molecule has 0 radical (unpaired) electrons. The number of amides is 1. The van der Waals surface area contributed by atoms with Crippen LogP contribution in [-0.2, 0) is 19.9 Å². The smallest absolute Gasteiger partial charge is 0.337 e. The predicted octanol–water partition coefficient (Wildman–Crippen LogP) is 3.66. The number of hydrogen-bond acceptors (Lipinski definition) is 6. The zero-order chi connectivity index (χ0) is 24.5. The third-order valence-corrected chi connectivity index (χ3v) is 5.70. The lowest BCUT2D eigenvalue weighted by Gasteiger charge is -2.20. The first-order chi connectivity index (χ1) is 16.2. The van der Waals surface area contributed by atoms with Crippen molar-refractivity contribution in [2.24, 2.45) is 5.73 Å². The van der Waals surface area contributed by atoms with E-state index in [1.54, 1.807) is 42.5 Å². The summed E-state index contributed by atoms with van der Waals surface area (Å²) in [6.07, 6.45) is 0. The van der Waals surface area contributed by atoms with Gasteiger partial charge in [-0.05, 0) is 42.3 Å². The molecule has 3 aromatic rings. The molecule has 0 aliphatic carbocycles. The number of carboxylic acid groups (broad SMARTS) is 1. The van der Waals surface area contributed by atoms with Crippen molar-refractivity contribution in [2.45, 2.75) is 12.5 Å². The standard InChI is InChI=1S/C26H23N3O5/c1-26(27,25(32)33)17-9-11-18(12-10-17)28-22(15-6-4-3-5-7-15)21-19-13-8-16(24(31)34-2)14-20(19)29-23(21)30/h3-14,28H,27H2,1-2H3,(H,29,30)(H,32,33)/b22-21-. The molecule has 1 unspecified atom stereocenters. The van der Waals surface area contributed by atoms with Crippen LogP contribution >= 0.6 is 0 Å². The molecule has 5 N–H and O–H groups in total. The normalized spacial score (nSPS) is 15.6. The average molecular weight is 457 g/mol. The number of anilines is 2. The summed E-state index contributed by atoms with van der Waals surface area (Å²) in [4.78, 5) is 36.4. The van der Waals surface area contributed by atoms with Crippen LogP contribution in [0.1, 0.15) is 34.0 Å². The van der Waals surface area contributed by atoms with Crippen molar-refractivity contribution in [3.63, 3.8) is 0 Å². The van der Waals surface area contributed by atoms with Gasteiger partial charge in [0.15, 0.2) is 0 Å². The number of carbonyl (C=O) groups is 3. The molecular weight excluding hydrogens is 434 g/mol. The van der Waals surface area contributed by atoms with E-state index in [1.807, 2.05) is 30.3 Å². The molecule has 172 valence electrons. The van der Waals surface area contributed by atoms with E-state index in [-0.39, 0.29) is 5.91 Å². The third kappa shape index (κ3) is 4.14. The third-order valence-electron chi connectivity index (χ3n) is 5.70. The van der Waals surface area contributed by atoms with Crippen LogP contribution in [0.3, 0.4) is 0 Å². The van der Waals surface area contributed by atoms with Gasteiger partial charge in [-0.2, -0.15) is 0 Å². The number of ether oxygens (including phenoxy) is 1. The molecule has 34 heavy (non-hydrogen) atoms. The second kappa shape index (κ2) is 8.84. The molecule has 1 aliphatic rings. The van der Waals surface area contributed by atoms with E-state index in [9.17, 15) is 19.5 Å². The number of hydrogen-bond donors (Lipinski definition) is 4. The van der Waals surface area contributed by atoms with Crippen LogP contribution in [0.5, 0.6) is 0 Å². The Labute approximate surface area is 196 Å². The van der Waals surface area contributed by atoms with E-state index in [2.05, 4.69) is 10.6 Å². The lowest BCUT2D eigenvalue weighted by Crippen LogP contribution is -2.41. The second-order valence-electron chi connectivity index (χ2n) is 8.03. The molecule has 0 aromatic heterocycles. The Kier molecular flexibility index (Phi) is 5.91. The molecule has 1 aliphatic heterocycles. The number of rotatable bonds is 6. The molecule has 1 amide bonds. The minimum absolute atomic E-state index is 0.319. The largest absolute Gasteiger partial charge is 0.480 e. The zero-order valence-electron chi connectivity index (χ0n) is 18.6. The topological polar surface area (TPSA) is 131 Å². The van der Waals surface area contributed by atoms with E-state index >= 15 is 0 Å². The summed E-state index contributed by atoms with van der Waals surface area (Å²) >= 11 is 0. The zero-order valence-corrected chi connectivity index (χ0v) is 18.6. The van der Waals surface area contributed by atoms with Crippen LogP contribution < -0.4 is 16.4 Å². The first-order valence-corrected chi connectivity index (χ1v) is 10.5. The fourth-order valence-electron chi connectivity index (χ4n) is 3.72. The molecule has 0 fully saturated rings. The van der Waals surface area contributed by atoms with Crippen LogP contribution in [-0.4, -0.2) is 30.1 Å². The summed E-state index contributed by atoms with van der Waals surface area (Å²) in [5, 5.41) is 15.5. The maximum absolute atomic E-state index is 13.0. The van der Waals surface area contributed by atoms with Crippen molar-refractivity contribution in [2.75, 3.05) is 17.7 Å². The molecule has 4 rings (SSSR count). The van der Waals surface area contributed by atoms with Gasteiger partial charge in [-0.15, -0.1) is 0 Å². The highest BCUT2D eigenvalue weighted by atomic mass is 16.5. The monoisotopic (exact) mass is 457 g/mol. The summed E-state index contributed by atoms with van der Waals surface area (Å²) < 4.78 is 4.77. The van der Waals surface area contributed by atoms with E-state index in [1.165, 1.54) is 14.0 Å². The van der Waals surface area contributed by atoms with Crippen LogP contribution in [0.25, 0.3) is 11.3 Å². The molecule has 1 atom stereocenters. The first kappa shape index (κ1) is 22.8. The predicted molar refractivity (Wildman–Crippen MR) is 129 cm³/mol. The second-order valence-corrected chi connectivity index (χ2v) is 8.03. The number of methoxy groups -OCH3 is 1. The summed E-state index contributed by atoms with van der Waals surface area (Å²) in [5.41, 5.74) is 8.70. The van der Waals surface area contributed by atoms with E-state index in [0.29, 0.717) is 39.3 Å². The van der Waals surface area contributed by atoms with Crippen LogP contribution in [0.2, 0.25) is 0 Å². The van der Waals surface area contributed by atoms with Crippen LogP contribution in [0.15, 0.2) is 72.8 Å².